The minimum absolute atomic E-state index is 0.209. The largest absolute Gasteiger partial charge is 0.468 e. The Morgan fingerprint density at radius 3 is 2.67 bits per heavy atom. The molecule has 3 nitrogen and oxygen atoms in total. The summed E-state index contributed by atoms with van der Waals surface area (Å²) in [7, 11) is 2.16. The van der Waals surface area contributed by atoms with E-state index in [2.05, 4.69) is 51.0 Å². The van der Waals surface area contributed by atoms with Gasteiger partial charge in [-0.2, -0.15) is 0 Å². The maximum Gasteiger partial charge on any atom is 0.122 e. The molecule has 0 fully saturated rings. The van der Waals surface area contributed by atoms with E-state index in [1.54, 1.807) is 6.26 Å². The third-order valence-corrected chi connectivity index (χ3v) is 3.86. The van der Waals surface area contributed by atoms with Crippen LogP contribution in [0.3, 0.4) is 0 Å². The zero-order valence-corrected chi connectivity index (χ0v) is 12.5. The van der Waals surface area contributed by atoms with Gasteiger partial charge in [0.15, 0.2) is 0 Å². The van der Waals surface area contributed by atoms with E-state index in [-0.39, 0.29) is 5.54 Å². The van der Waals surface area contributed by atoms with Crippen molar-refractivity contribution < 1.29 is 4.42 Å². The normalized spacial score (nSPS) is 12.3. The topological polar surface area (TPSA) is 28.4 Å². The Kier molecular flexibility index (Phi) is 5.89. The van der Waals surface area contributed by atoms with Crippen LogP contribution >= 0.6 is 0 Å². The molecule has 1 rings (SSSR count). The zero-order valence-electron chi connectivity index (χ0n) is 12.5. The van der Waals surface area contributed by atoms with Crippen molar-refractivity contribution in [3.8, 4) is 0 Å². The summed E-state index contributed by atoms with van der Waals surface area (Å²) in [6.45, 7) is 11.8. The van der Waals surface area contributed by atoms with Crippen LogP contribution in [0.2, 0.25) is 0 Å². The summed E-state index contributed by atoms with van der Waals surface area (Å²) >= 11 is 0. The molecule has 0 saturated heterocycles. The smallest absolute Gasteiger partial charge is 0.122 e. The number of furan rings is 1. The van der Waals surface area contributed by atoms with Crippen molar-refractivity contribution in [2.75, 3.05) is 13.6 Å². The molecule has 1 N–H and O–H groups in total. The lowest BCUT2D eigenvalue weighted by molar-refractivity contribution is 0.132. The summed E-state index contributed by atoms with van der Waals surface area (Å²) in [6.07, 6.45) is 4.09. The number of hydrogen-bond donors (Lipinski definition) is 1. The number of nitrogens with zero attached hydrogens (tertiary/aromatic N) is 1. The molecule has 0 aliphatic heterocycles. The van der Waals surface area contributed by atoms with Gasteiger partial charge in [-0.1, -0.05) is 13.8 Å². The molecule has 0 aliphatic carbocycles. The average Bonchev–Trinajstić information content (AvgIpc) is 2.77. The van der Waals surface area contributed by atoms with Crippen LogP contribution in [0.15, 0.2) is 16.7 Å². The van der Waals surface area contributed by atoms with Crippen LogP contribution in [-0.4, -0.2) is 24.0 Å². The SMILES string of the molecule is CCCNCc1ccoc1CN(C)C(C)(C)CC. The highest BCUT2D eigenvalue weighted by molar-refractivity contribution is 5.17. The summed E-state index contributed by atoms with van der Waals surface area (Å²) in [5, 5.41) is 3.43. The van der Waals surface area contributed by atoms with Gasteiger partial charge in [-0.05, 0) is 46.3 Å². The van der Waals surface area contributed by atoms with Gasteiger partial charge in [0.2, 0.25) is 0 Å². The Morgan fingerprint density at radius 1 is 1.33 bits per heavy atom. The van der Waals surface area contributed by atoms with Crippen molar-refractivity contribution in [1.82, 2.24) is 10.2 Å². The van der Waals surface area contributed by atoms with Gasteiger partial charge in [0.25, 0.3) is 0 Å². The lowest BCUT2D eigenvalue weighted by Gasteiger charge is -2.34. The van der Waals surface area contributed by atoms with Crippen molar-refractivity contribution in [3.63, 3.8) is 0 Å². The van der Waals surface area contributed by atoms with Gasteiger partial charge in [-0.25, -0.2) is 0 Å². The van der Waals surface area contributed by atoms with Crippen LogP contribution in [0.1, 0.15) is 51.9 Å². The highest BCUT2D eigenvalue weighted by Crippen LogP contribution is 2.21. The quantitative estimate of drug-likeness (QED) is 0.719. The molecule has 0 atom stereocenters. The Labute approximate surface area is 112 Å². The molecular formula is C15H28N2O. The molecule has 0 spiro atoms. The van der Waals surface area contributed by atoms with Gasteiger partial charge in [0.1, 0.15) is 5.76 Å². The van der Waals surface area contributed by atoms with E-state index in [0.717, 1.165) is 38.2 Å². The molecule has 3 heteroatoms. The highest BCUT2D eigenvalue weighted by Gasteiger charge is 2.22. The van der Waals surface area contributed by atoms with Gasteiger partial charge < -0.3 is 9.73 Å². The third-order valence-electron chi connectivity index (χ3n) is 3.86. The van der Waals surface area contributed by atoms with Gasteiger partial charge in [0.05, 0.1) is 12.8 Å². The first-order chi connectivity index (χ1) is 8.51. The fourth-order valence-corrected chi connectivity index (χ4v) is 1.76. The van der Waals surface area contributed by atoms with Gasteiger partial charge >= 0.3 is 0 Å². The molecule has 0 bridgehead atoms. The summed E-state index contributed by atoms with van der Waals surface area (Å²) < 4.78 is 5.62. The van der Waals surface area contributed by atoms with Crippen molar-refractivity contribution in [2.45, 2.75) is 59.2 Å². The van der Waals surface area contributed by atoms with Crippen molar-refractivity contribution in [2.24, 2.45) is 0 Å². The van der Waals surface area contributed by atoms with E-state index in [4.69, 9.17) is 4.42 Å². The monoisotopic (exact) mass is 252 g/mol. The molecule has 1 aromatic heterocycles. The molecule has 18 heavy (non-hydrogen) atoms. The standard InChI is InChI=1S/C15H28N2O/c1-6-9-16-11-13-8-10-18-14(13)12-17(5)15(3,4)7-2/h8,10,16H,6-7,9,11-12H2,1-5H3. The van der Waals surface area contributed by atoms with E-state index in [1.165, 1.54) is 5.56 Å². The molecule has 0 aromatic carbocycles. The fraction of sp³-hybridized carbons (Fsp3) is 0.733. The first-order valence-corrected chi connectivity index (χ1v) is 6.98. The Hall–Kier alpha value is -0.800. The lowest BCUT2D eigenvalue weighted by Crippen LogP contribution is -2.39. The molecule has 0 amide bonds. The second-order valence-corrected chi connectivity index (χ2v) is 5.57. The number of hydrogen-bond acceptors (Lipinski definition) is 3. The molecule has 0 saturated carbocycles. The van der Waals surface area contributed by atoms with Crippen molar-refractivity contribution in [1.29, 1.82) is 0 Å². The highest BCUT2D eigenvalue weighted by atomic mass is 16.3. The Bertz CT molecular complexity index is 344. The third kappa shape index (κ3) is 4.14. The molecule has 0 aliphatic rings. The molecule has 104 valence electrons. The van der Waals surface area contributed by atoms with Crippen LogP contribution < -0.4 is 5.32 Å². The van der Waals surface area contributed by atoms with Crippen LogP contribution in [0.4, 0.5) is 0 Å². The van der Waals surface area contributed by atoms with E-state index in [9.17, 15) is 0 Å². The molecule has 0 radical (unpaired) electrons. The average molecular weight is 252 g/mol. The lowest BCUT2D eigenvalue weighted by atomic mass is 9.99. The molecular weight excluding hydrogens is 224 g/mol. The number of nitrogens with one attached hydrogen (secondary N) is 1. The minimum Gasteiger partial charge on any atom is -0.468 e. The van der Waals surface area contributed by atoms with E-state index in [0.29, 0.717) is 0 Å². The van der Waals surface area contributed by atoms with E-state index in [1.807, 2.05) is 0 Å². The minimum atomic E-state index is 0.209. The van der Waals surface area contributed by atoms with Gasteiger partial charge in [-0.15, -0.1) is 0 Å². The number of rotatable bonds is 8. The second kappa shape index (κ2) is 6.95. The van der Waals surface area contributed by atoms with E-state index >= 15 is 0 Å². The molecule has 0 unspecified atom stereocenters. The zero-order chi connectivity index (χ0) is 13.6. The van der Waals surface area contributed by atoms with Crippen molar-refractivity contribution >= 4 is 0 Å². The van der Waals surface area contributed by atoms with Crippen LogP contribution in [0, 0.1) is 0 Å². The summed E-state index contributed by atoms with van der Waals surface area (Å²) in [6, 6.07) is 2.07. The van der Waals surface area contributed by atoms with Crippen LogP contribution in [-0.2, 0) is 13.1 Å². The summed E-state index contributed by atoms with van der Waals surface area (Å²) in [5.41, 5.74) is 1.49. The first kappa shape index (κ1) is 15.3. The fourth-order valence-electron chi connectivity index (χ4n) is 1.76. The van der Waals surface area contributed by atoms with Gasteiger partial charge in [0, 0.05) is 17.6 Å². The summed E-state index contributed by atoms with van der Waals surface area (Å²) in [5.74, 6) is 1.09. The maximum absolute atomic E-state index is 5.62. The second-order valence-electron chi connectivity index (χ2n) is 5.57. The maximum atomic E-state index is 5.62. The van der Waals surface area contributed by atoms with Crippen molar-refractivity contribution in [3.05, 3.63) is 23.7 Å². The predicted molar refractivity (Wildman–Crippen MR) is 76.5 cm³/mol. The van der Waals surface area contributed by atoms with Gasteiger partial charge in [-0.3, -0.25) is 4.90 Å². The van der Waals surface area contributed by atoms with Crippen LogP contribution in [0.25, 0.3) is 0 Å². The molecule has 1 heterocycles. The predicted octanol–water partition coefficient (Wildman–Crippen LogP) is 3.40. The van der Waals surface area contributed by atoms with E-state index < -0.39 is 0 Å². The Morgan fingerprint density at radius 2 is 2.06 bits per heavy atom. The Balaban J connectivity index is 2.59. The molecule has 1 aromatic rings. The summed E-state index contributed by atoms with van der Waals surface area (Å²) in [4.78, 5) is 2.36. The van der Waals surface area contributed by atoms with Crippen LogP contribution in [0.5, 0.6) is 0 Å². The first-order valence-electron chi connectivity index (χ1n) is 6.98.